The highest BCUT2D eigenvalue weighted by Gasteiger charge is 2.21. The fourth-order valence-corrected chi connectivity index (χ4v) is 5.95. The molecule has 0 bridgehead atoms. The number of carbonyl (C=O) groups excluding carboxylic acids is 2. The van der Waals surface area contributed by atoms with Crippen LogP contribution in [-0.4, -0.2) is 97.2 Å². The second-order valence-electron chi connectivity index (χ2n) is 12.1. The Kier molecular flexibility index (Phi) is 10.8. The van der Waals surface area contributed by atoms with Crippen molar-refractivity contribution in [1.29, 1.82) is 0 Å². The molecule has 0 aliphatic carbocycles. The first kappa shape index (κ1) is 33.2. The number of carbonyl (C=O) groups is 2. The number of nitrogens with one attached hydrogen (secondary N) is 1. The van der Waals surface area contributed by atoms with Crippen molar-refractivity contribution < 1.29 is 28.2 Å². The second kappa shape index (κ2) is 15.0. The standard InChI is InChI=1S/C34H40FN5O5S/c1-34(2,3)45-33(42)36-12-17-43-18-19-44-28-22-25(35)9-10-26(28)31-32-27(11-20-46-32)30(37-38-31)24-7-5-23(6-8-24)21-29(41)40-15-13-39(4)14-16-40/h5-11,20,22H,12-19,21H2,1-4H3,(H,36,42). The molecule has 2 aromatic carbocycles. The predicted molar refractivity (Wildman–Crippen MR) is 177 cm³/mol. The van der Waals surface area contributed by atoms with Gasteiger partial charge in [0.15, 0.2) is 0 Å². The molecule has 0 atom stereocenters. The van der Waals surface area contributed by atoms with Crippen LogP contribution in [0.3, 0.4) is 0 Å². The van der Waals surface area contributed by atoms with Gasteiger partial charge in [-0.05, 0) is 57.0 Å². The van der Waals surface area contributed by atoms with Crippen molar-refractivity contribution in [2.45, 2.75) is 32.8 Å². The van der Waals surface area contributed by atoms with Crippen molar-refractivity contribution in [3.8, 4) is 28.3 Å². The van der Waals surface area contributed by atoms with E-state index in [2.05, 4.69) is 27.5 Å². The summed E-state index contributed by atoms with van der Waals surface area (Å²) in [6, 6.07) is 14.2. The number of fused-ring (bicyclic) bond motifs is 1. The molecule has 1 aliphatic rings. The normalized spacial score (nSPS) is 14.0. The van der Waals surface area contributed by atoms with Crippen molar-refractivity contribution in [3.05, 3.63) is 65.3 Å². The number of ether oxygens (including phenoxy) is 3. The third kappa shape index (κ3) is 8.77. The zero-order valence-corrected chi connectivity index (χ0v) is 27.5. The maximum atomic E-state index is 14.3. The molecule has 0 spiro atoms. The van der Waals surface area contributed by atoms with Crippen LogP contribution in [0.15, 0.2) is 53.9 Å². The van der Waals surface area contributed by atoms with Crippen molar-refractivity contribution >= 4 is 33.4 Å². The molecule has 46 heavy (non-hydrogen) atoms. The third-order valence-corrected chi connectivity index (χ3v) is 8.34. The van der Waals surface area contributed by atoms with Gasteiger partial charge in [-0.2, -0.15) is 0 Å². The molecule has 1 N–H and O–H groups in total. The van der Waals surface area contributed by atoms with Gasteiger partial charge in [0.05, 0.1) is 24.3 Å². The van der Waals surface area contributed by atoms with Gasteiger partial charge in [0, 0.05) is 55.3 Å². The van der Waals surface area contributed by atoms with E-state index in [1.165, 1.54) is 23.5 Å². The predicted octanol–water partition coefficient (Wildman–Crippen LogP) is 5.40. The van der Waals surface area contributed by atoms with Gasteiger partial charge >= 0.3 is 6.09 Å². The van der Waals surface area contributed by atoms with Crippen molar-refractivity contribution in [1.82, 2.24) is 25.3 Å². The van der Waals surface area contributed by atoms with Gasteiger partial charge in [-0.15, -0.1) is 21.5 Å². The summed E-state index contributed by atoms with van der Waals surface area (Å²) in [5.74, 6) is 0.0466. The summed E-state index contributed by atoms with van der Waals surface area (Å²) >= 11 is 1.53. The smallest absolute Gasteiger partial charge is 0.407 e. The second-order valence-corrected chi connectivity index (χ2v) is 13.1. The Morgan fingerprint density at radius 2 is 1.70 bits per heavy atom. The number of aromatic nitrogens is 2. The molecule has 244 valence electrons. The first-order valence-corrected chi connectivity index (χ1v) is 16.2. The molecule has 3 heterocycles. The molecule has 0 radical (unpaired) electrons. The van der Waals surface area contributed by atoms with Crippen molar-refractivity contribution in [2.24, 2.45) is 0 Å². The Labute approximate surface area is 272 Å². The number of piperazine rings is 1. The number of hydrogen-bond acceptors (Lipinski definition) is 9. The fraction of sp³-hybridized carbons (Fsp3) is 0.412. The van der Waals surface area contributed by atoms with Crippen LogP contribution in [0.25, 0.3) is 32.6 Å². The van der Waals surface area contributed by atoms with Crippen LogP contribution >= 0.6 is 11.3 Å². The number of amides is 2. The van der Waals surface area contributed by atoms with Gasteiger partial charge in [0.1, 0.15) is 35.2 Å². The van der Waals surface area contributed by atoms with Crippen molar-refractivity contribution in [2.75, 3.05) is 59.6 Å². The molecular formula is C34H40FN5O5S. The summed E-state index contributed by atoms with van der Waals surface area (Å²) in [5.41, 5.74) is 3.23. The van der Waals surface area contributed by atoms with Crippen LogP contribution in [0.1, 0.15) is 26.3 Å². The van der Waals surface area contributed by atoms with E-state index in [9.17, 15) is 14.0 Å². The molecule has 0 unspecified atom stereocenters. The Balaban J connectivity index is 1.22. The fourth-order valence-electron chi connectivity index (χ4n) is 5.05. The number of hydrogen-bond donors (Lipinski definition) is 1. The van der Waals surface area contributed by atoms with Gasteiger partial charge in [-0.25, -0.2) is 9.18 Å². The summed E-state index contributed by atoms with van der Waals surface area (Å²) in [5, 5.41) is 14.7. The molecule has 4 aromatic rings. The van der Waals surface area contributed by atoms with E-state index < -0.39 is 17.5 Å². The quantitative estimate of drug-likeness (QED) is 0.216. The van der Waals surface area contributed by atoms with Gasteiger partial charge in [-0.3, -0.25) is 4.79 Å². The molecule has 1 fully saturated rings. The summed E-state index contributed by atoms with van der Waals surface area (Å²) < 4.78 is 31.9. The van der Waals surface area contributed by atoms with Gasteiger partial charge in [-0.1, -0.05) is 24.3 Å². The largest absolute Gasteiger partial charge is 0.490 e. The molecule has 1 aliphatic heterocycles. The first-order chi connectivity index (χ1) is 22.1. The maximum absolute atomic E-state index is 14.3. The number of nitrogens with zero attached hydrogens (tertiary/aromatic N) is 4. The molecule has 5 rings (SSSR count). The van der Waals surface area contributed by atoms with Crippen LogP contribution in [0, 0.1) is 5.82 Å². The van der Waals surface area contributed by atoms with E-state index in [0.29, 0.717) is 23.4 Å². The van der Waals surface area contributed by atoms with E-state index in [-0.39, 0.29) is 32.3 Å². The number of halogens is 1. The first-order valence-electron chi connectivity index (χ1n) is 15.3. The van der Waals surface area contributed by atoms with E-state index in [1.807, 2.05) is 40.6 Å². The molecule has 2 aromatic heterocycles. The Morgan fingerprint density at radius 3 is 2.43 bits per heavy atom. The van der Waals surface area contributed by atoms with E-state index in [4.69, 9.17) is 14.2 Å². The lowest BCUT2D eigenvalue weighted by molar-refractivity contribution is -0.132. The summed E-state index contributed by atoms with van der Waals surface area (Å²) in [7, 11) is 2.07. The molecule has 10 nitrogen and oxygen atoms in total. The van der Waals surface area contributed by atoms with Gasteiger partial charge in [0.2, 0.25) is 5.91 Å². The molecule has 0 saturated carbocycles. The van der Waals surface area contributed by atoms with Crippen LogP contribution in [-0.2, 0) is 20.7 Å². The lowest BCUT2D eigenvalue weighted by Crippen LogP contribution is -2.47. The van der Waals surface area contributed by atoms with E-state index in [1.54, 1.807) is 26.8 Å². The average Bonchev–Trinajstić information content (AvgIpc) is 3.51. The van der Waals surface area contributed by atoms with E-state index >= 15 is 0 Å². The van der Waals surface area contributed by atoms with Crippen LogP contribution < -0.4 is 10.1 Å². The number of benzene rings is 2. The van der Waals surface area contributed by atoms with Crippen LogP contribution in [0.5, 0.6) is 5.75 Å². The number of alkyl carbamates (subject to hydrolysis) is 1. The number of rotatable bonds is 11. The van der Waals surface area contributed by atoms with Gasteiger partial charge in [0.25, 0.3) is 0 Å². The van der Waals surface area contributed by atoms with E-state index in [0.717, 1.165) is 53.1 Å². The lowest BCUT2D eigenvalue weighted by Gasteiger charge is -2.32. The monoisotopic (exact) mass is 649 g/mol. The Bertz CT molecular complexity index is 1650. The zero-order chi connectivity index (χ0) is 32.7. The number of likely N-dealkylation sites (N-methyl/N-ethyl adjacent to an activating group) is 1. The number of thiophene rings is 1. The highest BCUT2D eigenvalue weighted by Crippen LogP contribution is 2.39. The summed E-state index contributed by atoms with van der Waals surface area (Å²) in [6.07, 6.45) is -0.141. The maximum Gasteiger partial charge on any atom is 0.407 e. The molecule has 2 amide bonds. The minimum Gasteiger partial charge on any atom is -0.490 e. The van der Waals surface area contributed by atoms with Crippen molar-refractivity contribution in [3.63, 3.8) is 0 Å². The highest BCUT2D eigenvalue weighted by atomic mass is 32.1. The lowest BCUT2D eigenvalue weighted by atomic mass is 10.0. The SMILES string of the molecule is CN1CCN(C(=O)Cc2ccc(-c3nnc(-c4ccc(F)cc4OCCOCCNC(=O)OC(C)(C)C)c4sccc34)cc2)CC1. The Hall–Kier alpha value is -4.13. The molecule has 12 heteroatoms. The topological polar surface area (TPSA) is 106 Å². The third-order valence-electron chi connectivity index (χ3n) is 7.42. The summed E-state index contributed by atoms with van der Waals surface area (Å²) in [6.45, 7) is 9.67. The highest BCUT2D eigenvalue weighted by molar-refractivity contribution is 7.17. The van der Waals surface area contributed by atoms with Crippen LogP contribution in [0.2, 0.25) is 0 Å². The van der Waals surface area contributed by atoms with Gasteiger partial charge < -0.3 is 29.3 Å². The van der Waals surface area contributed by atoms with Crippen LogP contribution in [0.4, 0.5) is 9.18 Å². The minimum atomic E-state index is -0.570. The average molecular weight is 650 g/mol. The molecule has 1 saturated heterocycles. The minimum absolute atomic E-state index is 0.143. The zero-order valence-electron chi connectivity index (χ0n) is 26.7. The molecular weight excluding hydrogens is 609 g/mol. The summed E-state index contributed by atoms with van der Waals surface area (Å²) in [4.78, 5) is 28.7. The Morgan fingerprint density at radius 1 is 0.957 bits per heavy atom.